The molecule has 0 aliphatic carbocycles. The van der Waals surface area contributed by atoms with E-state index in [1.807, 2.05) is 29.7 Å². The molecule has 86 valence electrons. The zero-order valence-electron chi connectivity index (χ0n) is 9.86. The highest BCUT2D eigenvalue weighted by molar-refractivity contribution is 7.98. The van der Waals surface area contributed by atoms with Gasteiger partial charge in [-0.05, 0) is 18.7 Å². The zero-order valence-corrected chi connectivity index (χ0v) is 10.7. The van der Waals surface area contributed by atoms with Crippen LogP contribution in [-0.4, -0.2) is 34.4 Å². The van der Waals surface area contributed by atoms with E-state index in [1.54, 1.807) is 0 Å². The summed E-state index contributed by atoms with van der Waals surface area (Å²) in [5.41, 5.74) is 1.29. The molecular weight excluding hydrogens is 206 g/mol. The van der Waals surface area contributed by atoms with Gasteiger partial charge in [-0.3, -0.25) is 4.68 Å². The van der Waals surface area contributed by atoms with Gasteiger partial charge in [-0.25, -0.2) is 0 Å². The van der Waals surface area contributed by atoms with E-state index in [0.717, 1.165) is 13.0 Å². The number of hydrogen-bond acceptors (Lipinski definition) is 3. The molecule has 3 nitrogen and oxygen atoms in total. The van der Waals surface area contributed by atoms with E-state index in [9.17, 15) is 0 Å². The maximum absolute atomic E-state index is 4.16. The Labute approximate surface area is 96.6 Å². The molecule has 0 radical (unpaired) electrons. The Morgan fingerprint density at radius 3 is 2.93 bits per heavy atom. The molecule has 0 fully saturated rings. The highest BCUT2D eigenvalue weighted by atomic mass is 32.2. The van der Waals surface area contributed by atoms with E-state index < -0.39 is 0 Å². The van der Waals surface area contributed by atoms with Gasteiger partial charge in [-0.1, -0.05) is 6.92 Å². The number of nitrogens with zero attached hydrogens (tertiary/aromatic N) is 2. The van der Waals surface area contributed by atoms with E-state index >= 15 is 0 Å². The summed E-state index contributed by atoms with van der Waals surface area (Å²) in [6.07, 6.45) is 6.27. The Balaban J connectivity index is 2.23. The smallest absolute Gasteiger partial charge is 0.0492 e. The second-order valence-corrected chi connectivity index (χ2v) is 4.62. The van der Waals surface area contributed by atoms with Crippen LogP contribution < -0.4 is 5.32 Å². The van der Waals surface area contributed by atoms with Crippen molar-refractivity contribution in [2.75, 3.05) is 18.6 Å². The molecule has 0 saturated carbocycles. The van der Waals surface area contributed by atoms with Gasteiger partial charge in [0.2, 0.25) is 0 Å². The Hall–Kier alpha value is -0.480. The van der Waals surface area contributed by atoms with Crippen LogP contribution in [0.2, 0.25) is 0 Å². The van der Waals surface area contributed by atoms with Gasteiger partial charge in [-0.2, -0.15) is 16.9 Å². The zero-order chi connectivity index (χ0) is 11.1. The summed E-state index contributed by atoms with van der Waals surface area (Å²) < 4.78 is 1.94. The molecule has 1 aromatic rings. The second kappa shape index (κ2) is 6.90. The molecule has 1 unspecified atom stereocenters. The quantitative estimate of drug-likeness (QED) is 0.769. The minimum Gasteiger partial charge on any atom is -0.313 e. The molecule has 0 amide bonds. The minimum absolute atomic E-state index is 0.647. The first-order valence-corrected chi connectivity index (χ1v) is 6.86. The van der Waals surface area contributed by atoms with Crippen LogP contribution in [0.1, 0.15) is 19.0 Å². The lowest BCUT2D eigenvalue weighted by molar-refractivity contribution is 0.536. The third kappa shape index (κ3) is 4.26. The highest BCUT2D eigenvalue weighted by Gasteiger charge is 2.04. The van der Waals surface area contributed by atoms with Crippen LogP contribution >= 0.6 is 11.8 Å². The lowest BCUT2D eigenvalue weighted by Gasteiger charge is -2.15. The molecule has 1 N–H and O–H groups in total. The third-order valence-corrected chi connectivity index (χ3v) is 3.33. The number of aromatic nitrogens is 2. The van der Waals surface area contributed by atoms with Crippen LogP contribution in [0.5, 0.6) is 0 Å². The largest absolute Gasteiger partial charge is 0.313 e. The minimum atomic E-state index is 0.647. The van der Waals surface area contributed by atoms with Crippen molar-refractivity contribution < 1.29 is 0 Å². The summed E-state index contributed by atoms with van der Waals surface area (Å²) in [6, 6.07) is 2.73. The average molecular weight is 227 g/mol. The monoisotopic (exact) mass is 227 g/mol. The fourth-order valence-corrected chi connectivity index (χ4v) is 2.33. The van der Waals surface area contributed by atoms with Gasteiger partial charge in [0.1, 0.15) is 0 Å². The number of nitrogens with one attached hydrogen (secondary N) is 1. The van der Waals surface area contributed by atoms with E-state index in [4.69, 9.17) is 0 Å². The van der Waals surface area contributed by atoms with Crippen LogP contribution in [0.3, 0.4) is 0 Å². The van der Waals surface area contributed by atoms with Crippen LogP contribution in [-0.2, 0) is 13.5 Å². The van der Waals surface area contributed by atoms with Crippen molar-refractivity contribution >= 4 is 11.8 Å². The number of rotatable bonds is 7. The normalized spacial score (nSPS) is 13.0. The lowest BCUT2D eigenvalue weighted by Crippen LogP contribution is -2.32. The van der Waals surface area contributed by atoms with Crippen molar-refractivity contribution in [1.82, 2.24) is 15.1 Å². The highest BCUT2D eigenvalue weighted by Crippen LogP contribution is 2.02. The Morgan fingerprint density at radius 2 is 2.40 bits per heavy atom. The summed E-state index contributed by atoms with van der Waals surface area (Å²) in [6.45, 7) is 3.27. The topological polar surface area (TPSA) is 29.9 Å². The van der Waals surface area contributed by atoms with E-state index in [0.29, 0.717) is 6.04 Å². The molecular formula is C11H21N3S. The van der Waals surface area contributed by atoms with Gasteiger partial charge in [0.25, 0.3) is 0 Å². The van der Waals surface area contributed by atoms with E-state index in [-0.39, 0.29) is 0 Å². The summed E-state index contributed by atoms with van der Waals surface area (Å²) in [4.78, 5) is 0. The van der Waals surface area contributed by atoms with Gasteiger partial charge in [0.05, 0.1) is 0 Å². The van der Waals surface area contributed by atoms with Crippen molar-refractivity contribution in [3.05, 3.63) is 18.0 Å². The van der Waals surface area contributed by atoms with Crippen molar-refractivity contribution in [3.8, 4) is 0 Å². The average Bonchev–Trinajstić information content (AvgIpc) is 2.63. The Morgan fingerprint density at radius 1 is 1.60 bits per heavy atom. The van der Waals surface area contributed by atoms with Gasteiger partial charge in [0, 0.05) is 43.7 Å². The molecule has 1 rings (SSSR count). The number of aryl methyl sites for hydroxylation is 1. The van der Waals surface area contributed by atoms with Crippen LogP contribution in [0.4, 0.5) is 0 Å². The summed E-state index contributed by atoms with van der Waals surface area (Å²) in [5, 5.41) is 7.73. The Kier molecular flexibility index (Phi) is 5.79. The molecule has 4 heteroatoms. The molecule has 1 aromatic heterocycles. The first-order valence-electron chi connectivity index (χ1n) is 5.47. The third-order valence-electron chi connectivity index (χ3n) is 2.60. The van der Waals surface area contributed by atoms with Crippen molar-refractivity contribution in [2.24, 2.45) is 7.05 Å². The molecule has 0 aliphatic heterocycles. The van der Waals surface area contributed by atoms with Crippen molar-refractivity contribution in [1.29, 1.82) is 0 Å². The molecule has 0 spiro atoms. The van der Waals surface area contributed by atoms with Gasteiger partial charge < -0.3 is 5.32 Å². The first kappa shape index (κ1) is 12.6. The van der Waals surface area contributed by atoms with Crippen molar-refractivity contribution in [2.45, 2.75) is 25.8 Å². The van der Waals surface area contributed by atoms with Crippen LogP contribution in [0, 0.1) is 0 Å². The SMILES string of the molecule is CCC(CSC)NCCc1ccnn1C. The number of hydrogen-bond donors (Lipinski definition) is 1. The predicted octanol–water partition coefficient (Wildman–Crippen LogP) is 1.69. The maximum Gasteiger partial charge on any atom is 0.0492 e. The molecule has 0 bridgehead atoms. The lowest BCUT2D eigenvalue weighted by atomic mass is 10.2. The second-order valence-electron chi connectivity index (χ2n) is 3.71. The summed E-state index contributed by atoms with van der Waals surface area (Å²) in [7, 11) is 1.99. The maximum atomic E-state index is 4.16. The van der Waals surface area contributed by atoms with E-state index in [2.05, 4.69) is 29.7 Å². The fraction of sp³-hybridized carbons (Fsp3) is 0.727. The van der Waals surface area contributed by atoms with Crippen molar-refractivity contribution in [3.63, 3.8) is 0 Å². The molecule has 1 atom stereocenters. The van der Waals surface area contributed by atoms with E-state index in [1.165, 1.54) is 17.9 Å². The summed E-state index contributed by atoms with van der Waals surface area (Å²) in [5.74, 6) is 1.20. The fourth-order valence-electron chi connectivity index (χ4n) is 1.57. The van der Waals surface area contributed by atoms with Gasteiger partial charge >= 0.3 is 0 Å². The molecule has 0 saturated heterocycles. The predicted molar refractivity (Wildman–Crippen MR) is 67.4 cm³/mol. The standard InChI is InChI=1S/C11H21N3S/c1-4-10(9-15-3)12-7-5-11-6-8-13-14(11)2/h6,8,10,12H,4-5,7,9H2,1-3H3. The Bertz CT molecular complexity index is 273. The first-order chi connectivity index (χ1) is 7.27. The van der Waals surface area contributed by atoms with Gasteiger partial charge in [-0.15, -0.1) is 0 Å². The summed E-state index contributed by atoms with van der Waals surface area (Å²) >= 11 is 1.91. The number of thioether (sulfide) groups is 1. The molecule has 0 aromatic carbocycles. The molecule has 15 heavy (non-hydrogen) atoms. The molecule has 0 aliphatic rings. The van der Waals surface area contributed by atoms with Gasteiger partial charge in [0.15, 0.2) is 0 Å². The van der Waals surface area contributed by atoms with Crippen LogP contribution in [0.15, 0.2) is 12.3 Å². The van der Waals surface area contributed by atoms with Crippen LogP contribution in [0.25, 0.3) is 0 Å². The molecule has 1 heterocycles.